The zero-order valence-electron chi connectivity index (χ0n) is 12.6. The highest BCUT2D eigenvalue weighted by molar-refractivity contribution is 8.18. The van der Waals surface area contributed by atoms with Crippen LogP contribution in [0.1, 0.15) is 18.4 Å². The third-order valence-electron chi connectivity index (χ3n) is 3.87. The predicted octanol–water partition coefficient (Wildman–Crippen LogP) is 3.65. The summed E-state index contributed by atoms with van der Waals surface area (Å²) in [6.07, 6.45) is 3.50. The minimum atomic E-state index is -0.455. The smallest absolute Gasteiger partial charge is 0.294 e. The lowest BCUT2D eigenvalue weighted by Gasteiger charge is -2.18. The van der Waals surface area contributed by atoms with Crippen molar-refractivity contribution in [1.82, 2.24) is 9.80 Å². The first-order valence-corrected chi connectivity index (χ1v) is 9.01. The van der Waals surface area contributed by atoms with E-state index in [2.05, 4.69) is 0 Å². The molecule has 1 aromatic rings. The summed E-state index contributed by atoms with van der Waals surface area (Å²) in [5.41, 5.74) is 0.667. The van der Waals surface area contributed by atoms with Crippen LogP contribution in [0.2, 0.25) is 10.0 Å². The third-order valence-corrected chi connectivity index (χ3v) is 5.51. The van der Waals surface area contributed by atoms with E-state index in [0.717, 1.165) is 29.5 Å². The lowest BCUT2D eigenvalue weighted by Crippen LogP contribution is -2.40. The van der Waals surface area contributed by atoms with Crippen LogP contribution in [0.3, 0.4) is 0 Å². The molecule has 126 valence electrons. The fraction of sp³-hybridized carbons (Fsp3) is 0.312. The molecule has 3 amide bonds. The Balaban J connectivity index is 1.74. The molecule has 24 heavy (non-hydrogen) atoms. The lowest BCUT2D eigenvalue weighted by molar-refractivity contribution is -0.135. The number of nitrogens with zero attached hydrogens (tertiary/aromatic N) is 2. The van der Waals surface area contributed by atoms with Gasteiger partial charge in [-0.05, 0) is 48.4 Å². The van der Waals surface area contributed by atoms with Crippen molar-refractivity contribution in [3.63, 3.8) is 0 Å². The molecule has 1 aromatic carbocycles. The first-order valence-electron chi connectivity index (χ1n) is 7.44. The molecule has 2 heterocycles. The number of amides is 3. The third kappa shape index (κ3) is 3.61. The van der Waals surface area contributed by atoms with E-state index in [1.54, 1.807) is 29.2 Å². The topological polar surface area (TPSA) is 57.7 Å². The molecule has 2 aliphatic heterocycles. The van der Waals surface area contributed by atoms with Gasteiger partial charge >= 0.3 is 0 Å². The van der Waals surface area contributed by atoms with Crippen LogP contribution in [0.25, 0.3) is 6.08 Å². The second-order valence-electron chi connectivity index (χ2n) is 5.53. The molecule has 3 rings (SSSR count). The van der Waals surface area contributed by atoms with E-state index in [1.165, 1.54) is 0 Å². The molecule has 2 aliphatic rings. The Kier molecular flexibility index (Phi) is 5.18. The highest BCUT2D eigenvalue weighted by Gasteiger charge is 2.37. The van der Waals surface area contributed by atoms with Gasteiger partial charge in [-0.15, -0.1) is 0 Å². The number of benzene rings is 1. The molecule has 0 unspecified atom stereocenters. The van der Waals surface area contributed by atoms with Gasteiger partial charge in [0, 0.05) is 13.1 Å². The van der Waals surface area contributed by atoms with Crippen LogP contribution in [0.15, 0.2) is 23.1 Å². The van der Waals surface area contributed by atoms with Crippen molar-refractivity contribution in [2.75, 3.05) is 19.6 Å². The minimum absolute atomic E-state index is 0.189. The van der Waals surface area contributed by atoms with Crippen LogP contribution in [0.5, 0.6) is 0 Å². The lowest BCUT2D eigenvalue weighted by atomic mass is 10.2. The fourth-order valence-electron chi connectivity index (χ4n) is 2.59. The van der Waals surface area contributed by atoms with Gasteiger partial charge < -0.3 is 4.90 Å². The number of thioether (sulfide) groups is 1. The summed E-state index contributed by atoms with van der Waals surface area (Å²) in [6, 6.07) is 4.95. The molecule has 5 nitrogen and oxygen atoms in total. The van der Waals surface area contributed by atoms with Gasteiger partial charge in [0.1, 0.15) is 6.54 Å². The molecule has 8 heteroatoms. The molecular weight excluding hydrogens is 371 g/mol. The zero-order valence-corrected chi connectivity index (χ0v) is 15.0. The van der Waals surface area contributed by atoms with Crippen LogP contribution in [-0.2, 0) is 9.59 Å². The van der Waals surface area contributed by atoms with Crippen LogP contribution in [0, 0.1) is 0 Å². The number of carbonyl (C=O) groups is 3. The molecule has 0 aliphatic carbocycles. The van der Waals surface area contributed by atoms with Crippen molar-refractivity contribution in [3.8, 4) is 0 Å². The van der Waals surface area contributed by atoms with Gasteiger partial charge in [0.15, 0.2) is 0 Å². The van der Waals surface area contributed by atoms with Gasteiger partial charge in [-0.1, -0.05) is 29.3 Å². The van der Waals surface area contributed by atoms with Crippen LogP contribution < -0.4 is 0 Å². The van der Waals surface area contributed by atoms with E-state index in [-0.39, 0.29) is 17.4 Å². The van der Waals surface area contributed by atoms with Crippen molar-refractivity contribution >= 4 is 58.1 Å². The molecular formula is C16H14Cl2N2O3S. The summed E-state index contributed by atoms with van der Waals surface area (Å²) in [5, 5.41) is 0.353. The van der Waals surface area contributed by atoms with Crippen molar-refractivity contribution < 1.29 is 14.4 Å². The summed E-state index contributed by atoms with van der Waals surface area (Å²) in [5.74, 6) is -0.644. The summed E-state index contributed by atoms with van der Waals surface area (Å²) in [6.45, 7) is 1.17. The second-order valence-corrected chi connectivity index (χ2v) is 7.34. The van der Waals surface area contributed by atoms with E-state index in [4.69, 9.17) is 23.2 Å². The van der Waals surface area contributed by atoms with Crippen molar-refractivity contribution in [2.45, 2.75) is 12.8 Å². The van der Waals surface area contributed by atoms with Gasteiger partial charge in [0.2, 0.25) is 5.91 Å². The Morgan fingerprint density at radius 2 is 1.88 bits per heavy atom. The summed E-state index contributed by atoms with van der Waals surface area (Å²) in [7, 11) is 0. The number of hydrogen-bond donors (Lipinski definition) is 0. The predicted molar refractivity (Wildman–Crippen MR) is 95.0 cm³/mol. The maximum absolute atomic E-state index is 12.4. The van der Waals surface area contributed by atoms with Gasteiger partial charge in [-0.2, -0.15) is 0 Å². The Bertz CT molecular complexity index is 745. The SMILES string of the molecule is O=C(CN1C(=O)S/C(=C\c2ccc(Cl)c(Cl)c2)C1=O)N1CCCC1. The van der Waals surface area contributed by atoms with Crippen molar-refractivity contribution in [3.05, 3.63) is 38.7 Å². The summed E-state index contributed by atoms with van der Waals surface area (Å²) < 4.78 is 0. The van der Waals surface area contributed by atoms with E-state index < -0.39 is 11.1 Å². The highest BCUT2D eigenvalue weighted by Crippen LogP contribution is 2.33. The number of likely N-dealkylation sites (tertiary alicyclic amines) is 1. The van der Waals surface area contributed by atoms with Crippen LogP contribution in [0.4, 0.5) is 4.79 Å². The molecule has 0 radical (unpaired) electrons. The number of carbonyl (C=O) groups excluding carboxylic acids is 3. The Morgan fingerprint density at radius 3 is 2.54 bits per heavy atom. The number of imide groups is 1. The van der Waals surface area contributed by atoms with Crippen LogP contribution in [-0.4, -0.2) is 46.5 Å². The molecule has 0 N–H and O–H groups in total. The van der Waals surface area contributed by atoms with Gasteiger partial charge in [-0.25, -0.2) is 0 Å². The van der Waals surface area contributed by atoms with Gasteiger partial charge in [-0.3, -0.25) is 19.3 Å². The number of hydrogen-bond acceptors (Lipinski definition) is 4. The molecule has 0 aromatic heterocycles. The molecule has 0 atom stereocenters. The first-order chi connectivity index (χ1) is 11.5. The molecule has 0 saturated carbocycles. The van der Waals surface area contributed by atoms with E-state index in [0.29, 0.717) is 28.7 Å². The average molecular weight is 385 g/mol. The summed E-state index contributed by atoms with van der Waals surface area (Å²) in [4.78, 5) is 39.6. The number of halogens is 2. The average Bonchev–Trinajstić information content (AvgIpc) is 3.16. The molecule has 2 saturated heterocycles. The minimum Gasteiger partial charge on any atom is -0.341 e. The quantitative estimate of drug-likeness (QED) is 0.746. The largest absolute Gasteiger partial charge is 0.341 e. The van der Waals surface area contributed by atoms with Gasteiger partial charge in [0.05, 0.1) is 15.0 Å². The maximum Gasteiger partial charge on any atom is 0.294 e. The molecule has 0 spiro atoms. The maximum atomic E-state index is 12.4. The molecule has 0 bridgehead atoms. The Morgan fingerprint density at radius 1 is 1.17 bits per heavy atom. The second kappa shape index (κ2) is 7.17. The first kappa shape index (κ1) is 17.3. The van der Waals surface area contributed by atoms with E-state index >= 15 is 0 Å². The Hall–Kier alpha value is -1.50. The number of rotatable bonds is 3. The standard InChI is InChI=1S/C16H14Cl2N2O3S/c17-11-4-3-10(7-12(11)18)8-13-15(22)20(16(23)24-13)9-14(21)19-5-1-2-6-19/h3-4,7-8H,1-2,5-6,9H2/b13-8-. The highest BCUT2D eigenvalue weighted by atomic mass is 35.5. The molecule has 2 fully saturated rings. The van der Waals surface area contributed by atoms with E-state index in [9.17, 15) is 14.4 Å². The van der Waals surface area contributed by atoms with Gasteiger partial charge in [0.25, 0.3) is 11.1 Å². The summed E-state index contributed by atoms with van der Waals surface area (Å²) >= 11 is 12.6. The fourth-order valence-corrected chi connectivity index (χ4v) is 3.74. The monoisotopic (exact) mass is 384 g/mol. The Labute approximate surface area is 153 Å². The zero-order chi connectivity index (χ0) is 17.3. The van der Waals surface area contributed by atoms with Crippen molar-refractivity contribution in [2.24, 2.45) is 0 Å². The van der Waals surface area contributed by atoms with E-state index in [1.807, 2.05) is 0 Å². The normalized spacial score (nSPS) is 19.7. The van der Waals surface area contributed by atoms with Crippen LogP contribution >= 0.6 is 35.0 Å². The van der Waals surface area contributed by atoms with Crippen molar-refractivity contribution in [1.29, 1.82) is 0 Å².